The molecular formula is C46H55NO8. The Hall–Kier alpha value is -4.35. The number of hydrogen-bond acceptors (Lipinski definition) is 8. The number of carbonyl (C=O) groups is 1. The highest BCUT2D eigenvalue weighted by Gasteiger charge is 2.49. The van der Waals surface area contributed by atoms with Gasteiger partial charge in [0, 0.05) is 0 Å². The predicted octanol–water partition coefficient (Wildman–Crippen LogP) is 8.66. The molecule has 2 saturated heterocycles. The summed E-state index contributed by atoms with van der Waals surface area (Å²) in [7, 11) is 0. The van der Waals surface area contributed by atoms with Crippen LogP contribution < -0.4 is 0 Å². The first-order valence-electron chi connectivity index (χ1n) is 19.1. The van der Waals surface area contributed by atoms with Crippen molar-refractivity contribution in [1.29, 1.82) is 0 Å². The molecule has 0 N–H and O–H groups in total. The van der Waals surface area contributed by atoms with E-state index in [2.05, 4.69) is 0 Å². The van der Waals surface area contributed by atoms with Gasteiger partial charge in [0.15, 0.2) is 0 Å². The van der Waals surface area contributed by atoms with Crippen molar-refractivity contribution in [2.45, 2.75) is 109 Å². The molecule has 4 aromatic rings. The molecule has 292 valence electrons. The molecule has 0 radical (unpaired) electrons. The highest BCUT2D eigenvalue weighted by molar-refractivity contribution is 5.70. The van der Waals surface area contributed by atoms with Crippen molar-refractivity contribution in [2.24, 2.45) is 0 Å². The van der Waals surface area contributed by atoms with Crippen LogP contribution in [-0.2, 0) is 59.6 Å². The third-order valence-electron chi connectivity index (χ3n) is 9.55. The number of ether oxygens (including phenoxy) is 7. The molecule has 6 rings (SSSR count). The predicted molar refractivity (Wildman–Crippen MR) is 211 cm³/mol. The summed E-state index contributed by atoms with van der Waals surface area (Å²) >= 11 is 0. The monoisotopic (exact) mass is 749 g/mol. The van der Waals surface area contributed by atoms with E-state index in [0.29, 0.717) is 33.0 Å². The first-order valence-corrected chi connectivity index (χ1v) is 19.1. The molecule has 0 bridgehead atoms. The highest BCUT2D eigenvalue weighted by atomic mass is 16.6. The molecule has 0 aromatic heterocycles. The quantitative estimate of drug-likeness (QED) is 0.112. The second-order valence-electron chi connectivity index (χ2n) is 15.5. The molecule has 0 unspecified atom stereocenters. The number of carbonyl (C=O) groups excluding carboxylic acids is 1. The lowest BCUT2D eigenvalue weighted by Crippen LogP contribution is -2.60. The van der Waals surface area contributed by atoms with E-state index in [1.807, 2.05) is 168 Å². The summed E-state index contributed by atoms with van der Waals surface area (Å²) in [5.74, 6) is 0. The Bertz CT molecular complexity index is 1760. The number of rotatable bonds is 15. The smallest absolute Gasteiger partial charge is 0.413 e. The Labute approximate surface area is 326 Å². The molecule has 6 atom stereocenters. The summed E-state index contributed by atoms with van der Waals surface area (Å²) in [6.07, 6.45) is 0.626. The van der Waals surface area contributed by atoms with Gasteiger partial charge in [-0.2, -0.15) is 0 Å². The van der Waals surface area contributed by atoms with Crippen molar-refractivity contribution in [1.82, 2.24) is 4.90 Å². The van der Waals surface area contributed by atoms with Gasteiger partial charge in [0.05, 0.1) is 45.7 Å². The van der Waals surface area contributed by atoms with Gasteiger partial charge in [-0.05, 0) is 56.9 Å². The van der Waals surface area contributed by atoms with Crippen molar-refractivity contribution in [2.75, 3.05) is 13.2 Å². The fourth-order valence-corrected chi connectivity index (χ4v) is 6.86. The first kappa shape index (κ1) is 40.3. The van der Waals surface area contributed by atoms with Crippen LogP contribution in [-0.4, -0.2) is 72.1 Å². The summed E-state index contributed by atoms with van der Waals surface area (Å²) in [5, 5.41) is 0. The van der Waals surface area contributed by atoms with E-state index < -0.39 is 54.0 Å². The van der Waals surface area contributed by atoms with Crippen molar-refractivity contribution in [3.8, 4) is 0 Å². The maximum absolute atomic E-state index is 13.5. The van der Waals surface area contributed by atoms with Gasteiger partial charge in [-0.3, -0.25) is 4.90 Å². The van der Waals surface area contributed by atoms with Crippen LogP contribution in [0.25, 0.3) is 0 Å². The molecule has 55 heavy (non-hydrogen) atoms. The van der Waals surface area contributed by atoms with Crippen LogP contribution in [0.1, 0.15) is 56.9 Å². The van der Waals surface area contributed by atoms with Gasteiger partial charge in [0.25, 0.3) is 0 Å². The molecule has 2 fully saturated rings. The Morgan fingerprint density at radius 1 is 0.673 bits per heavy atom. The Kier molecular flexibility index (Phi) is 13.9. The second-order valence-corrected chi connectivity index (χ2v) is 15.5. The molecular weight excluding hydrogens is 695 g/mol. The summed E-state index contributed by atoms with van der Waals surface area (Å²) in [5.41, 5.74) is 2.59. The molecule has 2 aliphatic rings. The maximum atomic E-state index is 13.5. The Morgan fingerprint density at radius 2 is 1.13 bits per heavy atom. The lowest BCUT2D eigenvalue weighted by atomic mass is 9.93. The Morgan fingerprint density at radius 3 is 1.62 bits per heavy atom. The van der Waals surface area contributed by atoms with E-state index >= 15 is 0 Å². The third-order valence-corrected chi connectivity index (χ3v) is 9.55. The van der Waals surface area contributed by atoms with E-state index in [4.69, 9.17) is 33.2 Å². The lowest BCUT2D eigenvalue weighted by Gasteiger charge is -2.45. The van der Waals surface area contributed by atoms with Crippen LogP contribution in [0.4, 0.5) is 4.79 Å². The second kappa shape index (κ2) is 19.0. The lowest BCUT2D eigenvalue weighted by molar-refractivity contribution is -0.263. The number of nitrogens with zero attached hydrogens (tertiary/aromatic N) is 1. The van der Waals surface area contributed by atoms with E-state index in [-0.39, 0.29) is 6.61 Å². The van der Waals surface area contributed by atoms with Crippen LogP contribution in [0, 0.1) is 0 Å². The van der Waals surface area contributed by atoms with E-state index in [1.54, 1.807) is 4.90 Å². The minimum atomic E-state index is -0.876. The highest BCUT2D eigenvalue weighted by Crippen LogP contribution is 2.34. The summed E-state index contributed by atoms with van der Waals surface area (Å²) < 4.78 is 45.8. The van der Waals surface area contributed by atoms with Gasteiger partial charge in [-0.1, -0.05) is 133 Å². The van der Waals surface area contributed by atoms with Crippen LogP contribution in [0.3, 0.4) is 0 Å². The van der Waals surface area contributed by atoms with Gasteiger partial charge >= 0.3 is 6.09 Å². The zero-order valence-corrected chi connectivity index (χ0v) is 32.6. The molecule has 2 heterocycles. The van der Waals surface area contributed by atoms with Gasteiger partial charge in [-0.15, -0.1) is 0 Å². The molecule has 1 amide bonds. The standard InChI is InChI=1S/C46H55NO8/c1-45(2,3)55-44(48)47-38(32-53-46(47,4)5)26-27-39-41(50-29-35-20-12-7-13-21-35)43(52-31-37-24-16-9-17-25-37)42(51-30-36-22-14-8-15-23-36)40(54-39)33-49-28-34-18-10-6-11-19-34/h6-27,38-43H,28-33H2,1-5H3/b27-26+/t38-,39+,40-,41+,42-,43-/m1/s1. The number of hydrogen-bond donors (Lipinski definition) is 0. The van der Waals surface area contributed by atoms with Gasteiger partial charge in [-0.25, -0.2) is 4.79 Å². The van der Waals surface area contributed by atoms with E-state index in [9.17, 15) is 4.79 Å². The zero-order valence-electron chi connectivity index (χ0n) is 32.6. The van der Waals surface area contributed by atoms with Crippen LogP contribution in [0.15, 0.2) is 133 Å². The molecule has 4 aromatic carbocycles. The molecule has 0 aliphatic carbocycles. The van der Waals surface area contributed by atoms with Gasteiger partial charge in [0.1, 0.15) is 41.8 Å². The topological polar surface area (TPSA) is 84.9 Å². The molecule has 0 spiro atoms. The van der Waals surface area contributed by atoms with Gasteiger partial charge in [0.2, 0.25) is 0 Å². The van der Waals surface area contributed by atoms with Crippen LogP contribution in [0.5, 0.6) is 0 Å². The fraction of sp³-hybridized carbons (Fsp3) is 0.413. The number of amides is 1. The van der Waals surface area contributed by atoms with Crippen molar-refractivity contribution in [3.05, 3.63) is 156 Å². The molecule has 9 nitrogen and oxygen atoms in total. The molecule has 2 aliphatic heterocycles. The largest absolute Gasteiger partial charge is 0.444 e. The maximum Gasteiger partial charge on any atom is 0.413 e. The normalized spacial score (nSPS) is 23.9. The van der Waals surface area contributed by atoms with Crippen LogP contribution >= 0.6 is 0 Å². The fourth-order valence-electron chi connectivity index (χ4n) is 6.86. The summed E-state index contributed by atoms with van der Waals surface area (Å²) in [4.78, 5) is 15.2. The average molecular weight is 750 g/mol. The minimum absolute atomic E-state index is 0.249. The SMILES string of the molecule is CC(C)(C)OC(=O)N1[C@H](/C=C/[C@@H]2O[C@H](COCc3ccccc3)[C@@H](OCc3ccccc3)[C@H](OCc3ccccc3)[C@H]2OCc2ccccc2)COC1(C)C. The van der Waals surface area contributed by atoms with Crippen molar-refractivity contribution >= 4 is 6.09 Å². The van der Waals surface area contributed by atoms with Gasteiger partial charge < -0.3 is 33.2 Å². The zero-order chi connectivity index (χ0) is 38.7. The molecule has 0 saturated carbocycles. The van der Waals surface area contributed by atoms with Crippen molar-refractivity contribution < 1.29 is 38.0 Å². The van der Waals surface area contributed by atoms with E-state index in [0.717, 1.165) is 22.3 Å². The number of benzene rings is 4. The Balaban J connectivity index is 1.34. The van der Waals surface area contributed by atoms with Crippen molar-refractivity contribution in [3.63, 3.8) is 0 Å². The first-order chi connectivity index (χ1) is 26.6. The summed E-state index contributed by atoms with van der Waals surface area (Å²) in [6, 6.07) is 39.9. The summed E-state index contributed by atoms with van der Waals surface area (Å²) in [6.45, 7) is 11.3. The third kappa shape index (κ3) is 11.6. The van der Waals surface area contributed by atoms with Crippen LogP contribution in [0.2, 0.25) is 0 Å². The average Bonchev–Trinajstić information content (AvgIpc) is 3.49. The van der Waals surface area contributed by atoms with E-state index in [1.165, 1.54) is 0 Å². The molecule has 9 heteroatoms. The minimum Gasteiger partial charge on any atom is -0.444 e.